The van der Waals surface area contributed by atoms with Crippen molar-refractivity contribution in [2.24, 2.45) is 0 Å². The maximum Gasteiger partial charge on any atom is 0.0723 e. The van der Waals surface area contributed by atoms with E-state index >= 15 is 0 Å². The van der Waals surface area contributed by atoms with Crippen molar-refractivity contribution >= 4 is 48.0 Å². The van der Waals surface area contributed by atoms with E-state index in [1.54, 1.807) is 0 Å². The fraction of sp³-hybridized carbons (Fsp3) is 0.0588. The van der Waals surface area contributed by atoms with E-state index < -0.39 is 5.41 Å². The van der Waals surface area contributed by atoms with E-state index in [0.29, 0.717) is 0 Å². The molecule has 3 aliphatic carbocycles. The van der Waals surface area contributed by atoms with Gasteiger partial charge in [0.1, 0.15) is 0 Å². The van der Waals surface area contributed by atoms with Gasteiger partial charge in [-0.3, -0.25) is 0 Å². The molecule has 12 rings (SSSR count). The molecule has 0 bridgehead atoms. The summed E-state index contributed by atoms with van der Waals surface area (Å²) in [5, 5.41) is 3.98. The van der Waals surface area contributed by atoms with Crippen LogP contribution in [-0.4, -0.2) is 4.57 Å². The van der Waals surface area contributed by atoms with Crippen LogP contribution in [0.25, 0.3) is 75.8 Å². The number of hydrogen-bond donors (Lipinski definition) is 0. The Morgan fingerprint density at radius 2 is 1.19 bits per heavy atom. The Balaban J connectivity index is 1.20. The lowest BCUT2D eigenvalue weighted by molar-refractivity contribution is 0.781. The Labute approximate surface area is 312 Å². The molecule has 2 aromatic heterocycles. The molecule has 0 aliphatic heterocycles. The smallest absolute Gasteiger partial charge is 0.0723 e. The van der Waals surface area contributed by atoms with Crippen molar-refractivity contribution in [3.63, 3.8) is 0 Å². The van der Waals surface area contributed by atoms with Crippen molar-refractivity contribution < 1.29 is 0 Å². The molecular formula is C51H33NS. The van der Waals surface area contributed by atoms with Crippen molar-refractivity contribution in [1.82, 2.24) is 4.57 Å². The van der Waals surface area contributed by atoms with Crippen LogP contribution in [0.5, 0.6) is 0 Å². The summed E-state index contributed by atoms with van der Waals surface area (Å²) in [5.41, 5.74) is 18.1. The van der Waals surface area contributed by atoms with E-state index in [1.807, 2.05) is 11.3 Å². The van der Waals surface area contributed by atoms with Gasteiger partial charge in [0.15, 0.2) is 0 Å². The SMILES string of the molecule is C1=C2C(=CCC1)C1(c3ccccc3-c3ccc(-n4c(-c5ccccc5)c(-c5ccccc5)c5ccccc54)cc31)c1ccc3c(sc4ccccc43)c12. The minimum Gasteiger partial charge on any atom is -0.309 e. The first-order valence-corrected chi connectivity index (χ1v) is 19.5. The van der Waals surface area contributed by atoms with Gasteiger partial charge in [-0.25, -0.2) is 0 Å². The van der Waals surface area contributed by atoms with Gasteiger partial charge < -0.3 is 4.57 Å². The maximum absolute atomic E-state index is 2.57. The van der Waals surface area contributed by atoms with Crippen LogP contribution in [0.1, 0.15) is 35.1 Å². The van der Waals surface area contributed by atoms with Crippen LogP contribution in [0.2, 0.25) is 0 Å². The predicted molar refractivity (Wildman–Crippen MR) is 224 cm³/mol. The summed E-state index contributed by atoms with van der Waals surface area (Å²) in [6, 6.07) is 61.1. The van der Waals surface area contributed by atoms with Crippen molar-refractivity contribution in [3.05, 3.63) is 204 Å². The number of benzene rings is 7. The third-order valence-electron chi connectivity index (χ3n) is 12.0. The summed E-state index contributed by atoms with van der Waals surface area (Å²) < 4.78 is 5.30. The lowest BCUT2D eigenvalue weighted by atomic mass is 9.69. The van der Waals surface area contributed by atoms with Crippen LogP contribution < -0.4 is 0 Å². The lowest BCUT2D eigenvalue weighted by Gasteiger charge is -2.32. The third kappa shape index (κ3) is 3.81. The highest BCUT2D eigenvalue weighted by atomic mass is 32.1. The zero-order chi connectivity index (χ0) is 34.7. The number of aromatic nitrogens is 1. The molecule has 7 aromatic carbocycles. The molecule has 53 heavy (non-hydrogen) atoms. The Bertz CT molecular complexity index is 3050. The molecule has 0 saturated carbocycles. The van der Waals surface area contributed by atoms with Crippen LogP contribution in [0.3, 0.4) is 0 Å². The summed E-state index contributed by atoms with van der Waals surface area (Å²) in [6.07, 6.45) is 7.24. The number of fused-ring (bicyclic) bond motifs is 15. The summed E-state index contributed by atoms with van der Waals surface area (Å²) in [7, 11) is 0. The van der Waals surface area contributed by atoms with Crippen molar-refractivity contribution in [1.29, 1.82) is 0 Å². The van der Waals surface area contributed by atoms with E-state index in [2.05, 4.69) is 181 Å². The molecular weight excluding hydrogens is 659 g/mol. The lowest BCUT2D eigenvalue weighted by Crippen LogP contribution is -2.26. The monoisotopic (exact) mass is 691 g/mol. The first-order chi connectivity index (χ1) is 26.3. The van der Waals surface area contributed by atoms with Gasteiger partial charge in [-0.2, -0.15) is 0 Å². The van der Waals surface area contributed by atoms with Gasteiger partial charge in [0, 0.05) is 42.4 Å². The van der Waals surface area contributed by atoms with E-state index in [4.69, 9.17) is 0 Å². The third-order valence-corrected chi connectivity index (χ3v) is 13.3. The summed E-state index contributed by atoms with van der Waals surface area (Å²) in [6.45, 7) is 0. The van der Waals surface area contributed by atoms with Crippen LogP contribution in [0.15, 0.2) is 182 Å². The zero-order valence-corrected chi connectivity index (χ0v) is 29.8. The average Bonchev–Trinajstić information content (AvgIpc) is 3.95. The van der Waals surface area contributed by atoms with Crippen molar-refractivity contribution in [3.8, 4) is 39.2 Å². The summed E-state index contributed by atoms with van der Waals surface area (Å²) in [4.78, 5) is 0. The van der Waals surface area contributed by atoms with E-state index in [0.717, 1.165) is 12.8 Å². The maximum atomic E-state index is 2.57. The molecule has 1 atom stereocenters. The molecule has 0 fully saturated rings. The van der Waals surface area contributed by atoms with Gasteiger partial charge >= 0.3 is 0 Å². The Morgan fingerprint density at radius 3 is 2.06 bits per heavy atom. The minimum absolute atomic E-state index is 0.397. The van der Waals surface area contributed by atoms with Gasteiger partial charge in [0.05, 0.1) is 16.6 Å². The second kappa shape index (κ2) is 10.9. The Morgan fingerprint density at radius 1 is 0.491 bits per heavy atom. The Kier molecular flexibility index (Phi) is 6.04. The van der Waals surface area contributed by atoms with Gasteiger partial charge in [-0.05, 0) is 87.2 Å². The predicted octanol–water partition coefficient (Wildman–Crippen LogP) is 13.8. The molecule has 3 aliphatic rings. The first kappa shape index (κ1) is 29.4. The van der Waals surface area contributed by atoms with Crippen LogP contribution >= 0.6 is 11.3 Å². The average molecular weight is 692 g/mol. The molecule has 0 amide bonds. The molecule has 0 N–H and O–H groups in total. The van der Waals surface area contributed by atoms with E-state index in [9.17, 15) is 0 Å². The fourth-order valence-corrected chi connectivity index (χ4v) is 11.3. The standard InChI is InChI=1S/C51H33NS/c1-3-15-32(16-4-1)47-40-22-9-13-25-45(40)52(49(47)33-17-5-2-6-18-33)34-27-28-36-35-19-7-11-23-41(35)51(44(36)31-34)42-24-12-8-21-39(42)48-43(51)30-29-38-37-20-10-14-26-46(37)53-50(38)48/h1-7,9-11,13-31H,8,12H2. The highest BCUT2D eigenvalue weighted by molar-refractivity contribution is 7.26. The molecule has 9 aromatic rings. The van der Waals surface area contributed by atoms with Gasteiger partial charge in [-0.1, -0.05) is 152 Å². The quantitative estimate of drug-likeness (QED) is 0.174. The molecule has 2 heteroatoms. The van der Waals surface area contributed by atoms with Gasteiger partial charge in [0.25, 0.3) is 0 Å². The van der Waals surface area contributed by atoms with Gasteiger partial charge in [0.2, 0.25) is 0 Å². The van der Waals surface area contributed by atoms with E-state index in [1.165, 1.54) is 104 Å². The van der Waals surface area contributed by atoms with Crippen LogP contribution in [0, 0.1) is 0 Å². The first-order valence-electron chi connectivity index (χ1n) is 18.7. The highest BCUT2D eigenvalue weighted by Crippen LogP contribution is 2.66. The van der Waals surface area contributed by atoms with Crippen molar-refractivity contribution in [2.45, 2.75) is 18.3 Å². The number of allylic oxidation sites excluding steroid dienone is 4. The number of nitrogens with zero attached hydrogens (tertiary/aromatic N) is 1. The highest BCUT2D eigenvalue weighted by Gasteiger charge is 2.54. The van der Waals surface area contributed by atoms with Crippen LogP contribution in [0.4, 0.5) is 0 Å². The minimum atomic E-state index is -0.397. The van der Waals surface area contributed by atoms with Crippen molar-refractivity contribution in [2.75, 3.05) is 0 Å². The molecule has 1 unspecified atom stereocenters. The fourth-order valence-electron chi connectivity index (χ4n) is 10.0. The normalized spacial score (nSPS) is 16.8. The molecule has 2 heterocycles. The number of rotatable bonds is 3. The molecule has 1 spiro atoms. The van der Waals surface area contributed by atoms with Gasteiger partial charge in [-0.15, -0.1) is 11.3 Å². The largest absolute Gasteiger partial charge is 0.309 e. The summed E-state index contributed by atoms with van der Waals surface area (Å²) in [5.74, 6) is 0. The van der Waals surface area contributed by atoms with Crippen LogP contribution in [-0.2, 0) is 5.41 Å². The van der Waals surface area contributed by atoms with E-state index in [-0.39, 0.29) is 0 Å². The Hall–Kier alpha value is -6.22. The number of hydrogen-bond acceptors (Lipinski definition) is 1. The molecule has 248 valence electrons. The zero-order valence-electron chi connectivity index (χ0n) is 29.0. The second-order valence-electron chi connectivity index (χ2n) is 14.6. The number of thiophene rings is 1. The second-order valence-corrected chi connectivity index (χ2v) is 15.7. The molecule has 1 nitrogen and oxygen atoms in total. The number of para-hydroxylation sites is 1. The summed E-state index contributed by atoms with van der Waals surface area (Å²) >= 11 is 1.96. The molecule has 0 saturated heterocycles. The molecule has 0 radical (unpaired) electrons. The topological polar surface area (TPSA) is 4.93 Å².